The maximum Gasteiger partial charge on any atom is 0.301 e. The van der Waals surface area contributed by atoms with Gasteiger partial charge < -0.3 is 5.73 Å². The van der Waals surface area contributed by atoms with E-state index in [9.17, 15) is 12.8 Å². The zero-order valence-corrected chi connectivity index (χ0v) is 12.4. The minimum atomic E-state index is -3.74. The molecule has 0 bridgehead atoms. The van der Waals surface area contributed by atoms with Crippen molar-refractivity contribution in [1.29, 1.82) is 0 Å². The van der Waals surface area contributed by atoms with Gasteiger partial charge in [0, 0.05) is 19.1 Å². The summed E-state index contributed by atoms with van der Waals surface area (Å²) in [4.78, 5) is 0. The lowest BCUT2D eigenvalue weighted by Crippen LogP contribution is -2.49. The van der Waals surface area contributed by atoms with Crippen molar-refractivity contribution in [3.05, 3.63) is 29.0 Å². The molecule has 1 unspecified atom stereocenters. The average Bonchev–Trinajstić information content (AvgIpc) is 2.42. The molecule has 0 aromatic heterocycles. The van der Waals surface area contributed by atoms with E-state index >= 15 is 0 Å². The zero-order valence-electron chi connectivity index (χ0n) is 10.9. The van der Waals surface area contributed by atoms with Gasteiger partial charge in [-0.1, -0.05) is 18.0 Å². The lowest BCUT2D eigenvalue weighted by molar-refractivity contribution is 0.259. The number of rotatable bonds is 4. The number of nitrogens with zero attached hydrogens (tertiary/aromatic N) is 1. The topological polar surface area (TPSA) is 75.4 Å². The van der Waals surface area contributed by atoms with E-state index in [4.69, 9.17) is 17.3 Å². The van der Waals surface area contributed by atoms with Crippen molar-refractivity contribution in [2.45, 2.75) is 25.3 Å². The average molecular weight is 322 g/mol. The standard InChI is InChI=1S/C12H17ClFN3O2S/c13-11-7-9(14)4-5-12(11)16-20(18,19)17-6-2-1-3-10(17)8-15/h4-5,7,10,16H,1-3,6,8,15H2. The molecule has 0 spiro atoms. The van der Waals surface area contributed by atoms with E-state index in [2.05, 4.69) is 4.72 Å². The van der Waals surface area contributed by atoms with Gasteiger partial charge in [-0.15, -0.1) is 0 Å². The molecule has 0 amide bonds. The third-order valence-electron chi connectivity index (χ3n) is 3.32. The van der Waals surface area contributed by atoms with Gasteiger partial charge in [-0.25, -0.2) is 4.39 Å². The van der Waals surface area contributed by atoms with Crippen molar-refractivity contribution in [2.24, 2.45) is 5.73 Å². The Bertz CT molecular complexity index is 582. The van der Waals surface area contributed by atoms with Crippen LogP contribution in [-0.2, 0) is 10.2 Å². The molecule has 8 heteroatoms. The first-order valence-corrected chi connectivity index (χ1v) is 8.20. The SMILES string of the molecule is NCC1CCCCN1S(=O)(=O)Nc1ccc(F)cc1Cl. The predicted octanol–water partition coefficient (Wildman–Crippen LogP) is 1.95. The predicted molar refractivity (Wildman–Crippen MR) is 77.4 cm³/mol. The molecule has 5 nitrogen and oxygen atoms in total. The first-order chi connectivity index (χ1) is 9.44. The minimum absolute atomic E-state index is 0.0230. The second kappa shape index (κ2) is 6.26. The lowest BCUT2D eigenvalue weighted by Gasteiger charge is -2.33. The van der Waals surface area contributed by atoms with Crippen LogP contribution in [-0.4, -0.2) is 31.9 Å². The zero-order chi connectivity index (χ0) is 14.8. The maximum absolute atomic E-state index is 13.0. The van der Waals surface area contributed by atoms with Crippen molar-refractivity contribution >= 4 is 27.5 Å². The lowest BCUT2D eigenvalue weighted by atomic mass is 10.1. The molecule has 1 saturated heterocycles. The molecule has 2 rings (SSSR count). The largest absolute Gasteiger partial charge is 0.329 e. The van der Waals surface area contributed by atoms with Crippen LogP contribution in [0.15, 0.2) is 18.2 Å². The summed E-state index contributed by atoms with van der Waals surface area (Å²) in [5, 5.41) is 0.0230. The molecule has 1 fully saturated rings. The Morgan fingerprint density at radius 3 is 2.85 bits per heavy atom. The van der Waals surface area contributed by atoms with Gasteiger partial charge in [0.05, 0.1) is 10.7 Å². The molecule has 1 aromatic rings. The van der Waals surface area contributed by atoms with Crippen molar-refractivity contribution in [3.63, 3.8) is 0 Å². The summed E-state index contributed by atoms with van der Waals surface area (Å²) in [7, 11) is -3.74. The van der Waals surface area contributed by atoms with E-state index in [0.29, 0.717) is 6.54 Å². The summed E-state index contributed by atoms with van der Waals surface area (Å²) in [5.41, 5.74) is 5.79. The van der Waals surface area contributed by atoms with Gasteiger partial charge >= 0.3 is 10.2 Å². The highest BCUT2D eigenvalue weighted by Gasteiger charge is 2.31. The van der Waals surface area contributed by atoms with E-state index in [1.165, 1.54) is 10.4 Å². The number of halogens is 2. The van der Waals surface area contributed by atoms with Crippen LogP contribution in [0, 0.1) is 5.82 Å². The number of nitrogens with one attached hydrogen (secondary N) is 1. The molecule has 0 saturated carbocycles. The summed E-state index contributed by atoms with van der Waals surface area (Å²) in [6.07, 6.45) is 2.51. The van der Waals surface area contributed by atoms with Crippen LogP contribution < -0.4 is 10.5 Å². The van der Waals surface area contributed by atoms with Crippen molar-refractivity contribution < 1.29 is 12.8 Å². The van der Waals surface area contributed by atoms with Gasteiger partial charge in [-0.2, -0.15) is 12.7 Å². The van der Waals surface area contributed by atoms with E-state index in [-0.39, 0.29) is 23.3 Å². The van der Waals surface area contributed by atoms with Crippen LogP contribution in [0.25, 0.3) is 0 Å². The van der Waals surface area contributed by atoms with Gasteiger partial charge in [0.15, 0.2) is 0 Å². The molecule has 1 aliphatic rings. The Kier molecular flexibility index (Phi) is 4.85. The van der Waals surface area contributed by atoms with Gasteiger partial charge in [0.1, 0.15) is 5.82 Å². The van der Waals surface area contributed by atoms with Crippen molar-refractivity contribution in [2.75, 3.05) is 17.8 Å². The Labute approximate surface area is 123 Å². The molecule has 1 atom stereocenters. The fourth-order valence-corrected chi connectivity index (χ4v) is 4.09. The Hall–Kier alpha value is -0.890. The molecule has 112 valence electrons. The summed E-state index contributed by atoms with van der Waals surface area (Å²) in [6.45, 7) is 0.702. The molecule has 0 aliphatic carbocycles. The molecule has 20 heavy (non-hydrogen) atoms. The molecular weight excluding hydrogens is 305 g/mol. The third kappa shape index (κ3) is 3.41. The monoisotopic (exact) mass is 321 g/mol. The Balaban J connectivity index is 2.21. The molecule has 1 aliphatic heterocycles. The van der Waals surface area contributed by atoms with E-state index in [1.54, 1.807) is 0 Å². The van der Waals surface area contributed by atoms with Gasteiger partial charge in [-0.05, 0) is 31.0 Å². The number of hydrogen-bond donors (Lipinski definition) is 2. The van der Waals surface area contributed by atoms with Crippen LogP contribution in [0.3, 0.4) is 0 Å². The minimum Gasteiger partial charge on any atom is -0.329 e. The number of piperidine rings is 1. The highest BCUT2D eigenvalue weighted by atomic mass is 35.5. The molecule has 0 radical (unpaired) electrons. The number of benzene rings is 1. The van der Waals surface area contributed by atoms with Crippen LogP contribution in [0.2, 0.25) is 5.02 Å². The molecule has 3 N–H and O–H groups in total. The number of nitrogens with two attached hydrogens (primary N) is 1. The van der Waals surface area contributed by atoms with Crippen LogP contribution in [0.1, 0.15) is 19.3 Å². The maximum atomic E-state index is 13.0. The highest BCUT2D eigenvalue weighted by Crippen LogP contribution is 2.26. The van der Waals surface area contributed by atoms with Crippen LogP contribution >= 0.6 is 11.6 Å². The van der Waals surface area contributed by atoms with E-state index in [1.807, 2.05) is 0 Å². The van der Waals surface area contributed by atoms with E-state index in [0.717, 1.165) is 31.4 Å². The van der Waals surface area contributed by atoms with Gasteiger partial charge in [0.2, 0.25) is 0 Å². The fourth-order valence-electron chi connectivity index (χ4n) is 2.30. The molecule has 1 heterocycles. The van der Waals surface area contributed by atoms with Crippen LogP contribution in [0.4, 0.5) is 10.1 Å². The Morgan fingerprint density at radius 1 is 1.45 bits per heavy atom. The Morgan fingerprint density at radius 2 is 2.20 bits per heavy atom. The van der Waals surface area contributed by atoms with Gasteiger partial charge in [0.25, 0.3) is 0 Å². The highest BCUT2D eigenvalue weighted by molar-refractivity contribution is 7.90. The molecule has 1 aromatic carbocycles. The summed E-state index contributed by atoms with van der Waals surface area (Å²) in [5.74, 6) is -0.518. The quantitative estimate of drug-likeness (QED) is 0.890. The smallest absolute Gasteiger partial charge is 0.301 e. The van der Waals surface area contributed by atoms with Crippen molar-refractivity contribution in [3.8, 4) is 0 Å². The first kappa shape index (κ1) is 15.5. The van der Waals surface area contributed by atoms with Crippen LogP contribution in [0.5, 0.6) is 0 Å². The summed E-state index contributed by atoms with van der Waals surface area (Å²) >= 11 is 5.83. The number of anilines is 1. The second-order valence-corrected chi connectivity index (χ2v) is 6.76. The van der Waals surface area contributed by atoms with Crippen molar-refractivity contribution in [1.82, 2.24) is 4.31 Å². The first-order valence-electron chi connectivity index (χ1n) is 6.39. The van der Waals surface area contributed by atoms with E-state index < -0.39 is 16.0 Å². The third-order valence-corrected chi connectivity index (χ3v) is 5.21. The normalized spacial score (nSPS) is 20.9. The number of hydrogen-bond acceptors (Lipinski definition) is 3. The second-order valence-electron chi connectivity index (χ2n) is 4.73. The van der Waals surface area contributed by atoms with Gasteiger partial charge in [-0.3, -0.25) is 4.72 Å². The summed E-state index contributed by atoms with van der Waals surface area (Å²) in [6, 6.07) is 3.31. The molecular formula is C12H17ClFN3O2S. The fraction of sp³-hybridized carbons (Fsp3) is 0.500. The summed E-state index contributed by atoms with van der Waals surface area (Å²) < 4.78 is 41.4.